The highest BCUT2D eigenvalue weighted by molar-refractivity contribution is 7.66. The van der Waals surface area contributed by atoms with Crippen LogP contribution in [0.1, 0.15) is 104 Å². The minimum absolute atomic E-state index is 0.0468. The van der Waals surface area contributed by atoms with Crippen LogP contribution in [0.2, 0.25) is 0 Å². The number of nitrogens with zero attached hydrogens (tertiary/aromatic N) is 6. The van der Waals surface area contributed by atoms with Gasteiger partial charge in [0.15, 0.2) is 19.8 Å². The molecule has 0 bridgehead atoms. The predicted molar refractivity (Wildman–Crippen MR) is 375 cm³/mol. The normalized spacial score (nSPS) is 15.0. The summed E-state index contributed by atoms with van der Waals surface area (Å²) in [5.41, 5.74) is 13.8. The number of carbonyl (C=O) groups is 3. The van der Waals surface area contributed by atoms with E-state index in [4.69, 9.17) is 62.7 Å². The summed E-state index contributed by atoms with van der Waals surface area (Å²) in [4.78, 5) is 57.8. The maximum absolute atomic E-state index is 14.4. The van der Waals surface area contributed by atoms with Gasteiger partial charge in [0.05, 0.1) is 65.2 Å². The summed E-state index contributed by atoms with van der Waals surface area (Å²) in [6, 6.07) is 32.6. The van der Waals surface area contributed by atoms with Crippen molar-refractivity contribution >= 4 is 57.1 Å². The number of hydrogen-bond acceptors (Lipinski definition) is 21. The van der Waals surface area contributed by atoms with E-state index in [1.807, 2.05) is 63.8 Å². The van der Waals surface area contributed by atoms with Crippen LogP contribution >= 0.6 is 22.9 Å². The molecule has 2 N–H and O–H groups in total. The first kappa shape index (κ1) is 77.2. The van der Waals surface area contributed by atoms with Crippen LogP contribution in [-0.4, -0.2) is 174 Å². The van der Waals surface area contributed by atoms with Crippen molar-refractivity contribution in [3.63, 3.8) is 0 Å². The summed E-state index contributed by atoms with van der Waals surface area (Å²) in [5, 5.41) is 0. The molecule has 1 aliphatic rings. The lowest BCUT2D eigenvalue weighted by Crippen LogP contribution is -2.45. The molecule has 4 heterocycles. The molecule has 21 nitrogen and oxygen atoms in total. The zero-order valence-electron chi connectivity index (χ0n) is 57.0. The van der Waals surface area contributed by atoms with E-state index in [2.05, 4.69) is 50.2 Å². The Labute approximate surface area is 567 Å². The second-order valence-corrected chi connectivity index (χ2v) is 28.4. The Morgan fingerprint density at radius 2 is 0.906 bits per heavy atom. The molecule has 3 aromatic heterocycles. The van der Waals surface area contributed by atoms with E-state index in [0.717, 1.165) is 41.5 Å². The van der Waals surface area contributed by atoms with Crippen molar-refractivity contribution in [1.29, 1.82) is 0 Å². The molecule has 24 heteroatoms. The minimum atomic E-state index is -3.43. The first-order valence-corrected chi connectivity index (χ1v) is 37.8. The fraction of sp³-hybridized carbons (Fsp3) is 0.417. The van der Waals surface area contributed by atoms with Crippen molar-refractivity contribution in [3.05, 3.63) is 160 Å². The molecule has 7 rings (SSSR count). The second-order valence-electron chi connectivity index (χ2n) is 21.9. The van der Waals surface area contributed by atoms with Crippen LogP contribution in [0.15, 0.2) is 109 Å². The van der Waals surface area contributed by atoms with E-state index in [1.54, 1.807) is 100.0 Å². The topological polar surface area (TPSA) is 243 Å². The largest absolute Gasteiger partial charge is 0.482 e. The van der Waals surface area contributed by atoms with Gasteiger partial charge in [-0.3, -0.25) is 23.8 Å². The highest BCUT2D eigenvalue weighted by Gasteiger charge is 2.29. The molecular formula is C72H90N7O14P3. The van der Waals surface area contributed by atoms with Crippen molar-refractivity contribution in [2.75, 3.05) is 120 Å². The second kappa shape index (κ2) is 40.1. The molecule has 1 aliphatic heterocycles. The number of pyridine rings is 3. The molecule has 3 unspecified atom stereocenters. The summed E-state index contributed by atoms with van der Waals surface area (Å²) in [6.07, 6.45) is 2.46. The Bertz CT molecular complexity index is 3810. The monoisotopic (exact) mass is 1370 g/mol. The Morgan fingerprint density at radius 3 is 1.32 bits per heavy atom. The molecule has 512 valence electrons. The number of rotatable bonds is 28. The SMILES string of the molecule is CC.CCOP(C)c1cc(C#Cc2ccc(OCC(=O)OC)cc2)cc(CN2CCN(Cc3cc(C#Cc4ccc(OCC(=O)OC)cc4)cc(P(C)(=O)OCC)n3)CCN(Cc3cc(C#Cc4ccc(OCC(=O)OC)cc4)cc(P(C)(=O)OCC)n3)[C@@H](CCCCN)C2)n1. The third kappa shape index (κ3) is 25.7. The number of benzene rings is 3. The van der Waals surface area contributed by atoms with Crippen LogP contribution in [0.4, 0.5) is 0 Å². The number of hydrogen-bond donors (Lipinski definition) is 1. The first-order chi connectivity index (χ1) is 46.3. The average molecular weight is 1370 g/mol. The van der Waals surface area contributed by atoms with E-state index in [0.29, 0.717) is 127 Å². The van der Waals surface area contributed by atoms with E-state index < -0.39 is 40.8 Å². The molecule has 0 aliphatic carbocycles. The quantitative estimate of drug-likeness (QED) is 0.0158. The van der Waals surface area contributed by atoms with Crippen LogP contribution in [0.25, 0.3) is 0 Å². The Kier molecular flexibility index (Phi) is 32.2. The van der Waals surface area contributed by atoms with Crippen LogP contribution in [0.5, 0.6) is 17.2 Å². The number of carbonyl (C=O) groups excluding carboxylic acids is 3. The van der Waals surface area contributed by atoms with Gasteiger partial charge in [-0.1, -0.05) is 55.8 Å². The fourth-order valence-electron chi connectivity index (χ4n) is 9.90. The van der Waals surface area contributed by atoms with Gasteiger partial charge in [-0.2, -0.15) is 0 Å². The Morgan fingerprint density at radius 1 is 0.521 bits per heavy atom. The van der Waals surface area contributed by atoms with Gasteiger partial charge in [0.2, 0.25) is 14.7 Å². The van der Waals surface area contributed by atoms with E-state index in [-0.39, 0.29) is 39.1 Å². The van der Waals surface area contributed by atoms with Gasteiger partial charge < -0.3 is 47.7 Å². The average Bonchev–Trinajstić information content (AvgIpc) is 0.856. The molecule has 1 fully saturated rings. The third-order valence-electron chi connectivity index (χ3n) is 14.7. The zero-order chi connectivity index (χ0) is 69.5. The van der Waals surface area contributed by atoms with E-state index >= 15 is 0 Å². The van der Waals surface area contributed by atoms with Gasteiger partial charge in [-0.25, -0.2) is 29.3 Å². The number of nitrogens with two attached hydrogens (primary N) is 1. The van der Waals surface area contributed by atoms with Crippen molar-refractivity contribution in [3.8, 4) is 52.8 Å². The van der Waals surface area contributed by atoms with Crippen LogP contribution in [0, 0.1) is 35.5 Å². The molecule has 4 atom stereocenters. The Balaban J connectivity index is 0.00000722. The summed E-state index contributed by atoms with van der Waals surface area (Å²) in [7, 11) is -4.03. The summed E-state index contributed by atoms with van der Waals surface area (Å²) in [6.45, 7) is 19.7. The lowest BCUT2D eigenvalue weighted by molar-refractivity contribution is -0.143. The maximum atomic E-state index is 14.4. The summed E-state index contributed by atoms with van der Waals surface area (Å²) < 4.78 is 77.4. The maximum Gasteiger partial charge on any atom is 0.343 e. The molecule has 0 radical (unpaired) electrons. The van der Waals surface area contributed by atoms with Crippen molar-refractivity contribution < 1.29 is 65.5 Å². The molecule has 96 heavy (non-hydrogen) atoms. The van der Waals surface area contributed by atoms with Gasteiger partial charge in [0.1, 0.15) is 28.1 Å². The molecule has 6 aromatic rings. The molecular weight excluding hydrogens is 1280 g/mol. The van der Waals surface area contributed by atoms with Crippen molar-refractivity contribution in [1.82, 2.24) is 29.7 Å². The molecule has 0 saturated carbocycles. The van der Waals surface area contributed by atoms with E-state index in [1.165, 1.54) is 21.3 Å². The minimum Gasteiger partial charge on any atom is -0.482 e. The van der Waals surface area contributed by atoms with Gasteiger partial charge in [-0.15, -0.1) is 0 Å². The van der Waals surface area contributed by atoms with Gasteiger partial charge in [-0.05, 0) is 156 Å². The van der Waals surface area contributed by atoms with Crippen LogP contribution in [-0.2, 0) is 70.9 Å². The van der Waals surface area contributed by atoms with Crippen molar-refractivity contribution in [2.45, 2.75) is 79.6 Å². The lowest BCUT2D eigenvalue weighted by atomic mass is 10.1. The number of aromatic nitrogens is 3. The van der Waals surface area contributed by atoms with Gasteiger partial charge >= 0.3 is 17.9 Å². The number of esters is 3. The standard InChI is InChI=1S/C70H84N7O14P3.C2H6/c1-10-89-92(7)65-42-55(19-16-52-22-28-62(29-23-52)86-49-68(78)83-4)39-58(72-65)46-76-36-35-75(45-59-40-56(43-66(73-59)93(8,81)90-11-2)20-17-53-24-30-63(31-25-53)87-50-69(79)84-5)37-38-77(61(48-76)15-13-14-34-71)47-60-41-57(44-67(74-60)94(9,82)91-12-3)21-18-54-26-32-64(33-27-54)88-51-70(80)85-6;1-2/h22-33,39-44,61H,10-15,34-38,45-51,71H2,1-9H3;1-2H3/t61-,92?,93?,94?;/m0./s1. The van der Waals surface area contributed by atoms with Gasteiger partial charge in [0.25, 0.3) is 0 Å². The van der Waals surface area contributed by atoms with Crippen LogP contribution < -0.4 is 36.2 Å². The van der Waals surface area contributed by atoms with Gasteiger partial charge in [0, 0.05) is 112 Å². The van der Waals surface area contributed by atoms with Crippen LogP contribution in [0.3, 0.4) is 0 Å². The summed E-state index contributed by atoms with van der Waals surface area (Å²) in [5.74, 6) is 19.8. The fourth-order valence-corrected chi connectivity index (χ4v) is 13.6. The molecule has 0 spiro atoms. The Hall–Kier alpha value is -7.79. The third-order valence-corrected chi connectivity index (χ3v) is 19.9. The lowest BCUT2D eigenvalue weighted by Gasteiger charge is -2.35. The molecule has 3 aromatic carbocycles. The number of ether oxygens (including phenoxy) is 6. The van der Waals surface area contributed by atoms with Crippen molar-refractivity contribution in [2.24, 2.45) is 5.73 Å². The number of unbranched alkanes of at least 4 members (excludes halogenated alkanes) is 1. The smallest absolute Gasteiger partial charge is 0.343 e. The van der Waals surface area contributed by atoms with E-state index in [9.17, 15) is 23.5 Å². The zero-order valence-corrected chi connectivity index (χ0v) is 59.7. The molecule has 0 amide bonds. The highest BCUT2D eigenvalue weighted by atomic mass is 31.2. The first-order valence-electron chi connectivity index (χ1n) is 32.0. The number of methoxy groups -OCH3 is 3. The molecule has 1 saturated heterocycles. The highest BCUT2D eigenvalue weighted by Crippen LogP contribution is 2.42. The predicted octanol–water partition coefficient (Wildman–Crippen LogP) is 8.90. The summed E-state index contributed by atoms with van der Waals surface area (Å²) >= 11 is 0.